The minimum Gasteiger partial charge on any atom is -0.479 e. The number of ketones is 1. The van der Waals surface area contributed by atoms with Crippen LogP contribution in [0.25, 0.3) is 0 Å². The molecule has 58 valence electrons. The van der Waals surface area contributed by atoms with Crippen LogP contribution in [0.1, 0.15) is 6.92 Å². The molecule has 1 atom stereocenters. The van der Waals surface area contributed by atoms with Gasteiger partial charge in [0.25, 0.3) is 5.67 Å². The summed E-state index contributed by atoms with van der Waals surface area (Å²) in [5, 5.41) is 7.98. The molecule has 0 saturated carbocycles. The van der Waals surface area contributed by atoms with Crippen LogP contribution in [0.4, 0.5) is 8.78 Å². The van der Waals surface area contributed by atoms with Gasteiger partial charge in [-0.3, -0.25) is 4.79 Å². The summed E-state index contributed by atoms with van der Waals surface area (Å²) in [6.07, 6.45) is 0. The van der Waals surface area contributed by atoms with Gasteiger partial charge in [0.2, 0.25) is 5.78 Å². The zero-order valence-corrected chi connectivity index (χ0v) is 5.23. The number of halogens is 2. The van der Waals surface area contributed by atoms with Crippen LogP contribution in [0, 0.1) is 0 Å². The van der Waals surface area contributed by atoms with E-state index in [9.17, 15) is 18.4 Å². The van der Waals surface area contributed by atoms with Gasteiger partial charge in [-0.2, -0.15) is 0 Å². The van der Waals surface area contributed by atoms with Crippen molar-refractivity contribution in [2.45, 2.75) is 12.6 Å². The Kier molecular flexibility index (Phi) is 2.45. The third-order valence-corrected chi connectivity index (χ3v) is 1.05. The summed E-state index contributed by atoms with van der Waals surface area (Å²) in [5.74, 6) is -3.53. The topological polar surface area (TPSA) is 54.4 Å². The van der Waals surface area contributed by atoms with Crippen molar-refractivity contribution in [3.63, 3.8) is 0 Å². The molecule has 0 amide bonds. The van der Waals surface area contributed by atoms with Gasteiger partial charge in [0, 0.05) is 0 Å². The van der Waals surface area contributed by atoms with E-state index in [1.807, 2.05) is 0 Å². The van der Waals surface area contributed by atoms with Gasteiger partial charge in [-0.05, 0) is 6.92 Å². The first kappa shape index (κ1) is 9.00. The van der Waals surface area contributed by atoms with E-state index < -0.39 is 24.1 Å². The van der Waals surface area contributed by atoms with Gasteiger partial charge in [0.1, 0.15) is 0 Å². The second-order valence-electron chi connectivity index (χ2n) is 1.86. The highest BCUT2D eigenvalue weighted by atomic mass is 19.1. The standard InChI is InChI=1S/C5H6F2O3/c1-5(7,4(9)10)3(8)2-6/h2H2,1H3,(H,9,10). The molecule has 0 aliphatic carbocycles. The Morgan fingerprint density at radius 1 is 1.60 bits per heavy atom. The smallest absolute Gasteiger partial charge is 0.349 e. The van der Waals surface area contributed by atoms with Crippen molar-refractivity contribution in [3.8, 4) is 0 Å². The van der Waals surface area contributed by atoms with Gasteiger partial charge >= 0.3 is 5.97 Å². The average molecular weight is 152 g/mol. The predicted octanol–water partition coefficient (Wildman–Crippen LogP) is 0.338. The summed E-state index contributed by atoms with van der Waals surface area (Å²) < 4.78 is 23.8. The van der Waals surface area contributed by atoms with Crippen molar-refractivity contribution < 1.29 is 23.5 Å². The highest BCUT2D eigenvalue weighted by molar-refractivity contribution is 6.06. The number of carboxylic acids is 1. The Labute approximate surface area is 55.6 Å². The van der Waals surface area contributed by atoms with Crippen molar-refractivity contribution in [1.29, 1.82) is 0 Å². The van der Waals surface area contributed by atoms with Crippen LogP contribution in [0.15, 0.2) is 0 Å². The summed E-state index contributed by atoms with van der Waals surface area (Å²) in [4.78, 5) is 20.0. The second kappa shape index (κ2) is 2.72. The number of carboxylic acid groups (broad SMARTS) is 1. The molecular formula is C5H6F2O3. The Morgan fingerprint density at radius 3 is 2.10 bits per heavy atom. The molecule has 0 aromatic rings. The van der Waals surface area contributed by atoms with Crippen molar-refractivity contribution in [2.24, 2.45) is 0 Å². The predicted molar refractivity (Wildman–Crippen MR) is 28.1 cm³/mol. The van der Waals surface area contributed by atoms with Crippen molar-refractivity contribution in [1.82, 2.24) is 0 Å². The van der Waals surface area contributed by atoms with E-state index >= 15 is 0 Å². The fraction of sp³-hybridized carbons (Fsp3) is 0.600. The second-order valence-corrected chi connectivity index (χ2v) is 1.86. The molecule has 1 N–H and O–H groups in total. The van der Waals surface area contributed by atoms with E-state index in [0.717, 1.165) is 0 Å². The lowest BCUT2D eigenvalue weighted by Gasteiger charge is -2.09. The highest BCUT2D eigenvalue weighted by Gasteiger charge is 2.40. The van der Waals surface area contributed by atoms with Gasteiger partial charge in [-0.15, -0.1) is 0 Å². The molecule has 3 nitrogen and oxygen atoms in total. The molecule has 1 unspecified atom stereocenters. The van der Waals surface area contributed by atoms with Gasteiger partial charge in [0.05, 0.1) is 0 Å². The molecule has 0 radical (unpaired) electrons. The molecular weight excluding hydrogens is 146 g/mol. The lowest BCUT2D eigenvalue weighted by atomic mass is 10.1. The molecule has 0 bridgehead atoms. The molecule has 0 saturated heterocycles. The molecule has 0 aromatic carbocycles. The lowest BCUT2D eigenvalue weighted by Crippen LogP contribution is -2.40. The summed E-state index contributed by atoms with van der Waals surface area (Å²) in [6.45, 7) is -1.09. The number of aliphatic carboxylic acids is 1. The minimum absolute atomic E-state index is 0.511. The van der Waals surface area contributed by atoms with Crippen LogP contribution in [0.5, 0.6) is 0 Å². The van der Waals surface area contributed by atoms with Crippen molar-refractivity contribution in [3.05, 3.63) is 0 Å². The maximum atomic E-state index is 12.4. The Morgan fingerprint density at radius 2 is 2.00 bits per heavy atom. The summed E-state index contributed by atoms with van der Waals surface area (Å²) in [6, 6.07) is 0. The van der Waals surface area contributed by atoms with Crippen LogP contribution in [-0.2, 0) is 9.59 Å². The Hall–Kier alpha value is -1.00. The van der Waals surface area contributed by atoms with E-state index in [2.05, 4.69) is 0 Å². The van der Waals surface area contributed by atoms with Gasteiger partial charge in [-0.1, -0.05) is 0 Å². The fourth-order valence-electron chi connectivity index (χ4n) is 0.245. The first-order chi connectivity index (χ1) is 4.42. The largest absolute Gasteiger partial charge is 0.479 e. The first-order valence-electron chi connectivity index (χ1n) is 2.44. The van der Waals surface area contributed by atoms with E-state index in [1.165, 1.54) is 0 Å². The SMILES string of the molecule is CC(F)(C(=O)O)C(=O)CF. The van der Waals surface area contributed by atoms with Crippen LogP contribution in [0.3, 0.4) is 0 Å². The molecule has 0 heterocycles. The van der Waals surface area contributed by atoms with E-state index in [4.69, 9.17) is 5.11 Å². The van der Waals surface area contributed by atoms with Crippen molar-refractivity contribution in [2.75, 3.05) is 6.67 Å². The van der Waals surface area contributed by atoms with E-state index in [1.54, 1.807) is 0 Å². The third kappa shape index (κ3) is 1.49. The van der Waals surface area contributed by atoms with Crippen LogP contribution < -0.4 is 0 Å². The molecule has 10 heavy (non-hydrogen) atoms. The van der Waals surface area contributed by atoms with Gasteiger partial charge in [-0.25, -0.2) is 13.6 Å². The van der Waals surface area contributed by atoms with Crippen LogP contribution in [-0.4, -0.2) is 29.2 Å². The Balaban J connectivity index is 4.40. The normalized spacial score (nSPS) is 15.9. The number of carbonyl (C=O) groups excluding carboxylic acids is 1. The molecule has 0 aliphatic heterocycles. The highest BCUT2D eigenvalue weighted by Crippen LogP contribution is 2.11. The summed E-state index contributed by atoms with van der Waals surface area (Å²) >= 11 is 0. The minimum atomic E-state index is -3.09. The van der Waals surface area contributed by atoms with Crippen LogP contribution >= 0.6 is 0 Å². The van der Waals surface area contributed by atoms with Gasteiger partial charge < -0.3 is 5.11 Å². The lowest BCUT2D eigenvalue weighted by molar-refractivity contribution is -0.156. The average Bonchev–Trinajstić information content (AvgIpc) is 1.86. The van der Waals surface area contributed by atoms with E-state index in [0.29, 0.717) is 6.92 Å². The third-order valence-electron chi connectivity index (χ3n) is 1.05. The Bertz CT molecular complexity index is 164. The quantitative estimate of drug-likeness (QED) is 0.593. The number of Topliss-reactive ketones (excluding diaryl/α,β-unsaturated/α-hetero) is 1. The van der Waals surface area contributed by atoms with Crippen molar-refractivity contribution >= 4 is 11.8 Å². The maximum absolute atomic E-state index is 12.4. The number of hydrogen-bond donors (Lipinski definition) is 1. The van der Waals surface area contributed by atoms with Crippen LogP contribution in [0.2, 0.25) is 0 Å². The zero-order chi connectivity index (χ0) is 8.36. The number of carbonyl (C=O) groups is 2. The number of rotatable bonds is 3. The maximum Gasteiger partial charge on any atom is 0.349 e. The van der Waals surface area contributed by atoms with E-state index in [-0.39, 0.29) is 0 Å². The molecule has 0 aromatic heterocycles. The summed E-state index contributed by atoms with van der Waals surface area (Å²) in [5.41, 5.74) is -3.09. The fourth-order valence-corrected chi connectivity index (χ4v) is 0.245. The van der Waals surface area contributed by atoms with Gasteiger partial charge in [0.15, 0.2) is 6.67 Å². The monoisotopic (exact) mass is 152 g/mol. The molecule has 5 heteroatoms. The molecule has 0 fully saturated rings. The molecule has 0 rings (SSSR count). The molecule has 0 aliphatic rings. The molecule has 0 spiro atoms. The first-order valence-corrected chi connectivity index (χ1v) is 2.44. The summed E-state index contributed by atoms with van der Waals surface area (Å²) in [7, 11) is 0. The number of hydrogen-bond acceptors (Lipinski definition) is 2. The zero-order valence-electron chi connectivity index (χ0n) is 5.23. The number of alkyl halides is 2.